The van der Waals surface area contributed by atoms with Crippen molar-refractivity contribution in [3.8, 4) is 33.8 Å². The van der Waals surface area contributed by atoms with E-state index in [9.17, 15) is 0 Å². The Kier molecular flexibility index (Phi) is 18.9. The van der Waals surface area contributed by atoms with Crippen molar-refractivity contribution in [2.45, 2.75) is 48.1 Å². The van der Waals surface area contributed by atoms with E-state index in [-0.39, 0.29) is 0 Å². The van der Waals surface area contributed by atoms with Crippen LogP contribution in [0, 0.1) is 20.8 Å². The van der Waals surface area contributed by atoms with Crippen molar-refractivity contribution in [3.05, 3.63) is 82.9 Å². The third-order valence-electron chi connectivity index (χ3n) is 10.3. The molecular weight excluding hydrogens is 695 g/mol. The summed E-state index contributed by atoms with van der Waals surface area (Å²) in [5.41, 5.74) is 9.57. The maximum Gasteiger partial charge on any atom is 0.128 e. The Bertz CT molecular complexity index is 1730. The van der Waals surface area contributed by atoms with Crippen molar-refractivity contribution in [1.82, 2.24) is 0 Å². The number of quaternary nitrogens is 1. The summed E-state index contributed by atoms with van der Waals surface area (Å²) in [7, 11) is 3.34. The van der Waals surface area contributed by atoms with E-state index in [1.807, 2.05) is 0 Å². The summed E-state index contributed by atoms with van der Waals surface area (Å²) in [6.45, 7) is 23.9. The van der Waals surface area contributed by atoms with E-state index in [2.05, 4.69) is 102 Å². The van der Waals surface area contributed by atoms with E-state index in [1.54, 1.807) is 14.2 Å². The van der Waals surface area contributed by atoms with E-state index in [1.165, 1.54) is 49.7 Å². The molecule has 0 atom stereocenters. The molecule has 0 saturated carbocycles. The fourth-order valence-electron chi connectivity index (χ4n) is 6.94. The molecule has 302 valence electrons. The van der Waals surface area contributed by atoms with Gasteiger partial charge in [0.2, 0.25) is 0 Å². The van der Waals surface area contributed by atoms with Crippen LogP contribution in [0.15, 0.2) is 60.7 Å². The van der Waals surface area contributed by atoms with E-state index in [0.29, 0.717) is 79.3 Å². The molecule has 0 aliphatic rings. The molecule has 0 N–H and O–H groups in total. The maximum absolute atomic E-state index is 6.42. The minimum absolute atomic E-state index is 0.479. The number of ether oxygens (including phenoxy) is 8. The Balaban J connectivity index is 1.57. The Hall–Kier alpha value is -3.54. The Morgan fingerprint density at radius 3 is 1.33 bits per heavy atom. The van der Waals surface area contributed by atoms with Crippen LogP contribution in [-0.2, 0) is 35.0 Å². The highest BCUT2D eigenvalue weighted by Crippen LogP contribution is 2.39. The third kappa shape index (κ3) is 13.3. The van der Waals surface area contributed by atoms with Crippen molar-refractivity contribution >= 4 is 10.8 Å². The van der Waals surface area contributed by atoms with Crippen LogP contribution in [0.1, 0.15) is 43.0 Å². The zero-order valence-electron chi connectivity index (χ0n) is 34.8. The van der Waals surface area contributed by atoms with Crippen LogP contribution < -0.4 is 9.47 Å². The van der Waals surface area contributed by atoms with Gasteiger partial charge in [-0.25, -0.2) is 0 Å². The van der Waals surface area contributed by atoms with Gasteiger partial charge in [0.25, 0.3) is 0 Å². The number of fused-ring (bicyclic) bond motifs is 1. The second-order valence-corrected chi connectivity index (χ2v) is 14.1. The van der Waals surface area contributed by atoms with Gasteiger partial charge in [0, 0.05) is 19.8 Å². The van der Waals surface area contributed by atoms with Crippen LogP contribution in [0.2, 0.25) is 0 Å². The molecule has 4 rings (SSSR count). The highest BCUT2D eigenvalue weighted by Gasteiger charge is 2.24. The van der Waals surface area contributed by atoms with E-state index in [0.717, 1.165) is 47.7 Å². The average molecular weight is 761 g/mol. The van der Waals surface area contributed by atoms with Crippen molar-refractivity contribution in [3.63, 3.8) is 0 Å². The summed E-state index contributed by atoms with van der Waals surface area (Å²) in [6.07, 6.45) is 0. The molecule has 55 heavy (non-hydrogen) atoms. The van der Waals surface area contributed by atoms with Gasteiger partial charge in [-0.3, -0.25) is 0 Å². The number of hydrogen-bond donors (Lipinski definition) is 0. The molecule has 0 aliphatic heterocycles. The molecule has 4 aromatic carbocycles. The molecule has 0 amide bonds. The largest absolute Gasteiger partial charge is 0.491 e. The third-order valence-corrected chi connectivity index (χ3v) is 10.3. The van der Waals surface area contributed by atoms with Crippen molar-refractivity contribution in [1.29, 1.82) is 0 Å². The minimum Gasteiger partial charge on any atom is -0.491 e. The minimum atomic E-state index is 0.479. The zero-order valence-corrected chi connectivity index (χ0v) is 34.8. The zero-order chi connectivity index (χ0) is 39.5. The monoisotopic (exact) mass is 760 g/mol. The number of nitrogens with zero attached hydrogens (tertiary/aromatic N) is 1. The van der Waals surface area contributed by atoms with Crippen molar-refractivity contribution < 1.29 is 42.4 Å². The van der Waals surface area contributed by atoms with Crippen molar-refractivity contribution in [2.24, 2.45) is 0 Å². The average Bonchev–Trinajstić information content (AvgIpc) is 3.19. The number of aryl methyl sites for hydroxylation is 3. The molecule has 9 heteroatoms. The van der Waals surface area contributed by atoms with E-state index < -0.39 is 0 Å². The van der Waals surface area contributed by atoms with Crippen LogP contribution in [-0.4, -0.2) is 118 Å². The molecule has 0 bridgehead atoms. The summed E-state index contributed by atoms with van der Waals surface area (Å²) in [6, 6.07) is 22.5. The van der Waals surface area contributed by atoms with Crippen molar-refractivity contribution in [2.75, 3.05) is 113 Å². The molecule has 0 aliphatic carbocycles. The highest BCUT2D eigenvalue weighted by atomic mass is 16.6. The summed E-state index contributed by atoms with van der Waals surface area (Å²) < 4.78 is 46.0. The van der Waals surface area contributed by atoms with Gasteiger partial charge >= 0.3 is 0 Å². The second kappa shape index (κ2) is 23.5. The molecule has 9 nitrogen and oxygen atoms in total. The molecule has 0 fully saturated rings. The SMILES string of the molecule is CC[N+](CC)(CC)Cc1cc(-c2cc(C)cc3c(-c4ccc(OCCOCCOCCOC)c(C)c4)cc(C)cc23)ccc1OCCOCCOCCOC. The fraction of sp³-hybridized carbons (Fsp3) is 0.522. The quantitative estimate of drug-likeness (QED) is 0.0442. The molecule has 0 unspecified atom stereocenters. The molecule has 0 aromatic heterocycles. The molecular formula is C46H66NO8+. The van der Waals surface area contributed by atoms with E-state index >= 15 is 0 Å². The molecule has 0 spiro atoms. The summed E-state index contributed by atoms with van der Waals surface area (Å²) >= 11 is 0. The first-order valence-electron chi connectivity index (χ1n) is 20.0. The van der Waals surface area contributed by atoms with Crippen LogP contribution in [0.5, 0.6) is 11.5 Å². The lowest BCUT2D eigenvalue weighted by molar-refractivity contribution is -0.936. The smallest absolute Gasteiger partial charge is 0.128 e. The first-order chi connectivity index (χ1) is 26.8. The number of hydrogen-bond acceptors (Lipinski definition) is 8. The standard InChI is InChI=1S/C46H66NO8/c1-9-47(10-2,11-3)34-40-33-39(13-15-46(40)55-27-25-53-23-21-51-19-17-49-8)42-29-36(5)30-43-41(28-35(4)31-44(42)43)38-12-14-45(37(6)32-38)54-26-24-52-22-20-50-18-16-48-7/h12-15,28-33H,9-11,16-27,34H2,1-8H3/q+1. The van der Waals surface area contributed by atoms with Gasteiger partial charge in [0.1, 0.15) is 31.3 Å². The first-order valence-corrected chi connectivity index (χ1v) is 20.0. The number of rotatable bonds is 27. The van der Waals surface area contributed by atoms with Crippen LogP contribution in [0.25, 0.3) is 33.0 Å². The number of methoxy groups -OCH3 is 2. The predicted octanol–water partition coefficient (Wildman–Crippen LogP) is 8.59. The van der Waals surface area contributed by atoms with E-state index in [4.69, 9.17) is 37.9 Å². The van der Waals surface area contributed by atoms with Gasteiger partial charge < -0.3 is 42.4 Å². The van der Waals surface area contributed by atoms with Gasteiger partial charge in [-0.15, -0.1) is 0 Å². The van der Waals surface area contributed by atoms with Crippen LogP contribution in [0.3, 0.4) is 0 Å². The van der Waals surface area contributed by atoms with Crippen LogP contribution in [0.4, 0.5) is 0 Å². The number of benzene rings is 4. The lowest BCUT2D eigenvalue weighted by Crippen LogP contribution is -2.46. The van der Waals surface area contributed by atoms with Gasteiger partial charge in [0.15, 0.2) is 0 Å². The second-order valence-electron chi connectivity index (χ2n) is 14.1. The molecule has 0 saturated heterocycles. The normalized spacial score (nSPS) is 11.8. The molecule has 4 aromatic rings. The first kappa shape index (κ1) is 44.2. The lowest BCUT2D eigenvalue weighted by atomic mass is 9.89. The van der Waals surface area contributed by atoms with Gasteiger partial charge in [0.05, 0.1) is 85.7 Å². The molecule has 0 heterocycles. The molecule has 0 radical (unpaired) electrons. The van der Waals surface area contributed by atoms with Gasteiger partial charge in [-0.2, -0.15) is 0 Å². The highest BCUT2D eigenvalue weighted by molar-refractivity contribution is 6.05. The Morgan fingerprint density at radius 2 is 0.873 bits per heavy atom. The summed E-state index contributed by atoms with van der Waals surface area (Å²) in [5.74, 6) is 1.79. The Morgan fingerprint density at radius 1 is 0.455 bits per heavy atom. The van der Waals surface area contributed by atoms with Crippen LogP contribution >= 0.6 is 0 Å². The topological polar surface area (TPSA) is 73.8 Å². The fourth-order valence-corrected chi connectivity index (χ4v) is 6.94. The maximum atomic E-state index is 6.42. The predicted molar refractivity (Wildman–Crippen MR) is 223 cm³/mol. The Labute approximate surface area is 330 Å². The summed E-state index contributed by atoms with van der Waals surface area (Å²) in [5, 5.41) is 2.48. The van der Waals surface area contributed by atoms with Gasteiger partial charge in [-0.1, -0.05) is 36.4 Å². The summed E-state index contributed by atoms with van der Waals surface area (Å²) in [4.78, 5) is 0. The lowest BCUT2D eigenvalue weighted by Gasteiger charge is -2.36. The van der Waals surface area contributed by atoms with Gasteiger partial charge in [-0.05, 0) is 116 Å².